The van der Waals surface area contributed by atoms with Gasteiger partial charge in [0.1, 0.15) is 6.61 Å². The summed E-state index contributed by atoms with van der Waals surface area (Å²) in [5, 5.41) is 8.64. The van der Waals surface area contributed by atoms with Crippen LogP contribution in [0, 0.1) is 0 Å². The third-order valence-electron chi connectivity index (χ3n) is 4.13. The molecule has 1 aliphatic rings. The summed E-state index contributed by atoms with van der Waals surface area (Å²) in [5.74, 6) is -0.675. The molecule has 3 rings (SSSR count). The lowest BCUT2D eigenvalue weighted by atomic mass is 9.98. The minimum atomic E-state index is -0.820. The number of aliphatic hydroxyl groups is 1. The molecule has 25 heavy (non-hydrogen) atoms. The highest BCUT2D eigenvalue weighted by atomic mass is 16.7. The largest absolute Gasteiger partial charge is 0.446 e. The maximum Gasteiger partial charge on any atom is 0.440 e. The summed E-state index contributed by atoms with van der Waals surface area (Å²) in [7, 11) is 0. The number of aliphatic hydroxyl groups excluding tert-OH is 1. The molecule has 0 unspecified atom stereocenters. The van der Waals surface area contributed by atoms with E-state index in [0.717, 1.165) is 22.3 Å². The molecule has 0 spiro atoms. The van der Waals surface area contributed by atoms with E-state index in [9.17, 15) is 9.59 Å². The van der Waals surface area contributed by atoms with Gasteiger partial charge in [-0.2, -0.15) is 0 Å². The van der Waals surface area contributed by atoms with E-state index in [1.165, 1.54) is 0 Å². The van der Waals surface area contributed by atoms with Gasteiger partial charge in [0, 0.05) is 12.5 Å². The second kappa shape index (κ2) is 7.81. The van der Waals surface area contributed by atoms with Gasteiger partial charge >= 0.3 is 12.1 Å². The summed E-state index contributed by atoms with van der Waals surface area (Å²) in [6.07, 6.45) is -0.509. The molecule has 6 heteroatoms. The van der Waals surface area contributed by atoms with Crippen molar-refractivity contribution in [2.75, 3.05) is 13.2 Å². The van der Waals surface area contributed by atoms with Crippen LogP contribution in [0.2, 0.25) is 0 Å². The molecule has 2 aromatic rings. The molecule has 6 nitrogen and oxygen atoms in total. The maximum absolute atomic E-state index is 11.7. The number of hydroxylamine groups is 1. The highest BCUT2D eigenvalue weighted by Gasteiger charge is 2.29. The second-order valence-corrected chi connectivity index (χ2v) is 5.73. The van der Waals surface area contributed by atoms with Crippen LogP contribution < -0.4 is 5.48 Å². The lowest BCUT2D eigenvalue weighted by molar-refractivity contribution is -0.150. The first kappa shape index (κ1) is 17.0. The summed E-state index contributed by atoms with van der Waals surface area (Å²) < 4.78 is 5.22. The van der Waals surface area contributed by atoms with Gasteiger partial charge in [-0.25, -0.2) is 9.59 Å². The molecule has 1 aliphatic carbocycles. The fourth-order valence-corrected chi connectivity index (χ4v) is 3.00. The summed E-state index contributed by atoms with van der Waals surface area (Å²) in [4.78, 5) is 27.6. The highest BCUT2D eigenvalue weighted by molar-refractivity contribution is 5.79. The first-order chi connectivity index (χ1) is 12.2. The maximum atomic E-state index is 11.7. The molecule has 0 fully saturated rings. The molecule has 0 atom stereocenters. The molecule has 0 aromatic heterocycles. The Morgan fingerprint density at radius 3 is 2.20 bits per heavy atom. The quantitative estimate of drug-likeness (QED) is 0.817. The molecule has 2 N–H and O–H groups in total. The van der Waals surface area contributed by atoms with Crippen molar-refractivity contribution in [3.8, 4) is 11.1 Å². The Morgan fingerprint density at radius 1 is 1.00 bits per heavy atom. The lowest BCUT2D eigenvalue weighted by Crippen LogP contribution is -2.29. The zero-order valence-electron chi connectivity index (χ0n) is 13.6. The average molecular weight is 341 g/mol. The van der Waals surface area contributed by atoms with Gasteiger partial charge in [0.2, 0.25) is 0 Å². The number of carbonyl (C=O) groups excluding carboxylic acids is 2. The summed E-state index contributed by atoms with van der Waals surface area (Å²) in [6.45, 7) is 0.0358. The Morgan fingerprint density at radius 2 is 1.60 bits per heavy atom. The molecule has 0 saturated heterocycles. The van der Waals surface area contributed by atoms with Crippen molar-refractivity contribution in [3.05, 3.63) is 59.7 Å². The van der Waals surface area contributed by atoms with Gasteiger partial charge in [-0.15, -0.1) is 5.48 Å². The van der Waals surface area contributed by atoms with Gasteiger partial charge in [0.15, 0.2) is 0 Å². The first-order valence-electron chi connectivity index (χ1n) is 8.12. The fraction of sp³-hybridized carbons (Fsp3) is 0.263. The summed E-state index contributed by atoms with van der Waals surface area (Å²) in [5.41, 5.74) is 6.47. The smallest absolute Gasteiger partial charge is 0.440 e. The first-order valence-corrected chi connectivity index (χ1v) is 8.12. The number of hydrogen-bond acceptors (Lipinski definition) is 5. The van der Waals surface area contributed by atoms with Gasteiger partial charge in [0.25, 0.3) is 0 Å². The van der Waals surface area contributed by atoms with Crippen molar-refractivity contribution < 1.29 is 24.3 Å². The summed E-state index contributed by atoms with van der Waals surface area (Å²) >= 11 is 0. The molecule has 0 bridgehead atoms. The predicted octanol–water partition coefficient (Wildman–Crippen LogP) is 2.76. The molecule has 2 aromatic carbocycles. The van der Waals surface area contributed by atoms with E-state index in [4.69, 9.17) is 9.84 Å². The Kier molecular flexibility index (Phi) is 5.30. The topological polar surface area (TPSA) is 84.9 Å². The van der Waals surface area contributed by atoms with Gasteiger partial charge in [-0.3, -0.25) is 0 Å². The number of hydrogen-bond donors (Lipinski definition) is 2. The van der Waals surface area contributed by atoms with E-state index in [2.05, 4.69) is 17.0 Å². The Bertz CT molecular complexity index is 728. The van der Waals surface area contributed by atoms with Crippen LogP contribution in [0.5, 0.6) is 0 Å². The van der Waals surface area contributed by atoms with E-state index in [1.54, 1.807) is 0 Å². The highest BCUT2D eigenvalue weighted by Crippen LogP contribution is 2.44. The molecular formula is C19H19NO5. The third-order valence-corrected chi connectivity index (χ3v) is 4.13. The zero-order chi connectivity index (χ0) is 17.6. The lowest BCUT2D eigenvalue weighted by Gasteiger charge is -2.14. The average Bonchev–Trinajstić information content (AvgIpc) is 2.97. The van der Waals surface area contributed by atoms with Gasteiger partial charge in [0.05, 0.1) is 6.42 Å². The number of ether oxygens (including phenoxy) is 1. The molecule has 0 heterocycles. The van der Waals surface area contributed by atoms with E-state index < -0.39 is 12.1 Å². The van der Waals surface area contributed by atoms with Gasteiger partial charge in [-0.05, 0) is 28.7 Å². The second-order valence-electron chi connectivity index (χ2n) is 5.73. The fourth-order valence-electron chi connectivity index (χ4n) is 3.00. The minimum Gasteiger partial charge on any atom is -0.446 e. The van der Waals surface area contributed by atoms with Crippen LogP contribution in [0.4, 0.5) is 4.79 Å². The van der Waals surface area contributed by atoms with Crippen molar-refractivity contribution in [2.24, 2.45) is 0 Å². The zero-order valence-corrected chi connectivity index (χ0v) is 13.6. The molecule has 130 valence electrons. The standard InChI is InChI=1S/C19H19NO5/c21-11-5-10-18(22)25-20-19(23)24-12-17-15-8-3-1-6-13(15)14-7-2-4-9-16(14)17/h1-4,6-9,17,21H,5,10-12H2,(H,20,23). The Balaban J connectivity index is 1.60. The van der Waals surface area contributed by atoms with Crippen LogP contribution in [0.15, 0.2) is 48.5 Å². The number of nitrogens with one attached hydrogen (secondary N) is 1. The van der Waals surface area contributed by atoms with Crippen LogP contribution in [-0.2, 0) is 14.4 Å². The van der Waals surface area contributed by atoms with Crippen LogP contribution in [0.25, 0.3) is 11.1 Å². The molecule has 0 aliphatic heterocycles. The minimum absolute atomic E-state index is 0.0279. The van der Waals surface area contributed by atoms with Crippen molar-refractivity contribution in [2.45, 2.75) is 18.8 Å². The predicted molar refractivity (Wildman–Crippen MR) is 90.6 cm³/mol. The van der Waals surface area contributed by atoms with Gasteiger partial charge < -0.3 is 14.7 Å². The number of fused-ring (bicyclic) bond motifs is 3. The van der Waals surface area contributed by atoms with Crippen molar-refractivity contribution in [3.63, 3.8) is 0 Å². The normalized spacial score (nSPS) is 12.2. The molecule has 0 saturated carbocycles. The molecular weight excluding hydrogens is 322 g/mol. The van der Waals surface area contributed by atoms with Gasteiger partial charge in [-0.1, -0.05) is 48.5 Å². The third kappa shape index (κ3) is 3.80. The Hall–Kier alpha value is -2.86. The number of rotatable bonds is 5. The Labute approximate surface area is 145 Å². The van der Waals surface area contributed by atoms with E-state index in [0.29, 0.717) is 0 Å². The van der Waals surface area contributed by atoms with Crippen LogP contribution in [-0.4, -0.2) is 30.4 Å². The number of amides is 1. The number of carbonyl (C=O) groups is 2. The molecule has 0 radical (unpaired) electrons. The van der Waals surface area contributed by atoms with Crippen LogP contribution in [0.1, 0.15) is 29.9 Å². The monoisotopic (exact) mass is 341 g/mol. The van der Waals surface area contributed by atoms with Crippen LogP contribution >= 0.6 is 0 Å². The van der Waals surface area contributed by atoms with E-state index in [1.807, 2.05) is 41.9 Å². The number of benzene rings is 2. The molecule has 1 amide bonds. The van der Waals surface area contributed by atoms with E-state index in [-0.39, 0.29) is 32.0 Å². The van der Waals surface area contributed by atoms with Crippen molar-refractivity contribution >= 4 is 12.1 Å². The SMILES string of the molecule is O=C(CCCO)ONC(=O)OCC1c2ccccc2-c2ccccc21. The van der Waals surface area contributed by atoms with Crippen molar-refractivity contribution in [1.29, 1.82) is 0 Å². The van der Waals surface area contributed by atoms with Crippen molar-refractivity contribution in [1.82, 2.24) is 5.48 Å². The van der Waals surface area contributed by atoms with Crippen LogP contribution in [0.3, 0.4) is 0 Å². The summed E-state index contributed by atoms with van der Waals surface area (Å²) in [6, 6.07) is 16.0. The van der Waals surface area contributed by atoms with E-state index >= 15 is 0 Å².